The van der Waals surface area contributed by atoms with Crippen molar-refractivity contribution in [2.45, 2.75) is 51.6 Å². The maximum absolute atomic E-state index is 3.79. The lowest BCUT2D eigenvalue weighted by atomic mass is 10.1. The van der Waals surface area contributed by atoms with Gasteiger partial charge in [0, 0.05) is 18.6 Å². The third kappa shape index (κ3) is 3.43. The fourth-order valence-electron chi connectivity index (χ4n) is 3.45. The first kappa shape index (κ1) is 13.3. The minimum atomic E-state index is 0.786. The lowest BCUT2D eigenvalue weighted by Gasteiger charge is -2.22. The summed E-state index contributed by atoms with van der Waals surface area (Å²) in [5, 5.41) is 3.79. The molecule has 17 heavy (non-hydrogen) atoms. The van der Waals surface area contributed by atoms with Gasteiger partial charge in [-0.15, -0.1) is 0 Å². The lowest BCUT2D eigenvalue weighted by molar-refractivity contribution is 0.282. The van der Waals surface area contributed by atoms with Crippen LogP contribution in [-0.2, 0) is 0 Å². The van der Waals surface area contributed by atoms with E-state index in [4.69, 9.17) is 0 Å². The molecule has 2 aliphatic heterocycles. The van der Waals surface area contributed by atoms with Gasteiger partial charge in [0.1, 0.15) is 0 Å². The molecule has 1 N–H and O–H groups in total. The Balaban J connectivity index is 1.59. The first-order valence-corrected chi connectivity index (χ1v) is 7.55. The molecule has 0 aromatic heterocycles. The Morgan fingerprint density at radius 1 is 1.18 bits per heavy atom. The number of nitrogens with one attached hydrogen (secondary N) is 1. The summed E-state index contributed by atoms with van der Waals surface area (Å²) in [5.41, 5.74) is 0. The quantitative estimate of drug-likeness (QED) is 0.680. The highest BCUT2D eigenvalue weighted by Crippen LogP contribution is 2.27. The van der Waals surface area contributed by atoms with E-state index in [0.29, 0.717) is 0 Å². The Morgan fingerprint density at radius 3 is 2.76 bits per heavy atom. The molecule has 2 rings (SSSR count). The van der Waals surface area contributed by atoms with Crippen molar-refractivity contribution in [3.05, 3.63) is 0 Å². The summed E-state index contributed by atoms with van der Waals surface area (Å²) in [7, 11) is 0. The standard InChI is InChI=1S/C14H29N3/c1-3-16(4-2)10-6-9-15-13-8-12-17-11-5-7-14(13)17/h13-15H,3-12H2,1-2H3. The van der Waals surface area contributed by atoms with E-state index in [0.717, 1.165) is 12.1 Å². The van der Waals surface area contributed by atoms with Gasteiger partial charge in [-0.25, -0.2) is 0 Å². The number of hydrogen-bond donors (Lipinski definition) is 1. The molecule has 0 spiro atoms. The zero-order valence-corrected chi connectivity index (χ0v) is 11.6. The van der Waals surface area contributed by atoms with Crippen molar-refractivity contribution in [2.24, 2.45) is 0 Å². The van der Waals surface area contributed by atoms with Gasteiger partial charge >= 0.3 is 0 Å². The van der Waals surface area contributed by atoms with Crippen molar-refractivity contribution >= 4 is 0 Å². The van der Waals surface area contributed by atoms with Crippen LogP contribution in [0.3, 0.4) is 0 Å². The Labute approximate surface area is 107 Å². The molecule has 2 saturated heterocycles. The second-order valence-corrected chi connectivity index (χ2v) is 5.48. The summed E-state index contributed by atoms with van der Waals surface area (Å²) in [6.07, 6.45) is 5.51. The fraction of sp³-hybridized carbons (Fsp3) is 1.00. The molecule has 2 unspecified atom stereocenters. The van der Waals surface area contributed by atoms with E-state index in [1.54, 1.807) is 0 Å². The van der Waals surface area contributed by atoms with Gasteiger partial charge in [-0.2, -0.15) is 0 Å². The van der Waals surface area contributed by atoms with Gasteiger partial charge in [0.15, 0.2) is 0 Å². The van der Waals surface area contributed by atoms with Gasteiger partial charge in [0.25, 0.3) is 0 Å². The minimum Gasteiger partial charge on any atom is -0.312 e. The van der Waals surface area contributed by atoms with E-state index < -0.39 is 0 Å². The van der Waals surface area contributed by atoms with Crippen LogP contribution in [0.15, 0.2) is 0 Å². The largest absolute Gasteiger partial charge is 0.312 e. The van der Waals surface area contributed by atoms with E-state index in [1.165, 1.54) is 65.0 Å². The van der Waals surface area contributed by atoms with E-state index >= 15 is 0 Å². The molecule has 0 bridgehead atoms. The molecule has 0 aliphatic carbocycles. The van der Waals surface area contributed by atoms with Crippen molar-refractivity contribution in [3.63, 3.8) is 0 Å². The summed E-state index contributed by atoms with van der Waals surface area (Å²) in [6.45, 7) is 12.0. The molecule has 0 amide bonds. The van der Waals surface area contributed by atoms with Crippen molar-refractivity contribution in [2.75, 3.05) is 39.3 Å². The number of nitrogens with zero attached hydrogens (tertiary/aromatic N) is 2. The molecule has 3 heteroatoms. The molecule has 0 radical (unpaired) electrons. The van der Waals surface area contributed by atoms with Crippen LogP contribution in [0, 0.1) is 0 Å². The number of hydrogen-bond acceptors (Lipinski definition) is 3. The molecule has 0 saturated carbocycles. The molecule has 100 valence electrons. The summed E-state index contributed by atoms with van der Waals surface area (Å²) in [5.74, 6) is 0. The van der Waals surface area contributed by atoms with Crippen LogP contribution in [0.2, 0.25) is 0 Å². The van der Waals surface area contributed by atoms with Crippen molar-refractivity contribution in [1.82, 2.24) is 15.1 Å². The summed E-state index contributed by atoms with van der Waals surface area (Å²) >= 11 is 0. The Kier molecular flexibility index (Phi) is 5.26. The van der Waals surface area contributed by atoms with Crippen LogP contribution in [0.25, 0.3) is 0 Å². The van der Waals surface area contributed by atoms with Gasteiger partial charge in [-0.1, -0.05) is 13.8 Å². The van der Waals surface area contributed by atoms with E-state index in [9.17, 15) is 0 Å². The molecule has 0 aromatic rings. The van der Waals surface area contributed by atoms with Crippen LogP contribution in [0.5, 0.6) is 0 Å². The SMILES string of the molecule is CCN(CC)CCCNC1CCN2CCCC12. The predicted molar refractivity (Wildman–Crippen MR) is 73.4 cm³/mol. The highest BCUT2D eigenvalue weighted by atomic mass is 15.2. The third-order valence-electron chi connectivity index (χ3n) is 4.56. The molecule has 2 heterocycles. The Hall–Kier alpha value is -0.120. The zero-order valence-electron chi connectivity index (χ0n) is 11.6. The van der Waals surface area contributed by atoms with Crippen LogP contribution in [0.4, 0.5) is 0 Å². The monoisotopic (exact) mass is 239 g/mol. The number of fused-ring (bicyclic) bond motifs is 1. The highest BCUT2D eigenvalue weighted by molar-refractivity contribution is 4.95. The van der Waals surface area contributed by atoms with Gasteiger partial charge < -0.3 is 10.2 Å². The fourth-order valence-corrected chi connectivity index (χ4v) is 3.45. The van der Waals surface area contributed by atoms with Crippen LogP contribution in [0.1, 0.15) is 39.5 Å². The second-order valence-electron chi connectivity index (χ2n) is 5.48. The average Bonchev–Trinajstić information content (AvgIpc) is 2.93. The van der Waals surface area contributed by atoms with E-state index in [-0.39, 0.29) is 0 Å². The molecule has 2 aliphatic rings. The van der Waals surface area contributed by atoms with E-state index in [2.05, 4.69) is 29.0 Å². The summed E-state index contributed by atoms with van der Waals surface area (Å²) < 4.78 is 0. The van der Waals surface area contributed by atoms with Gasteiger partial charge in [0.05, 0.1) is 0 Å². The number of rotatable bonds is 7. The average molecular weight is 239 g/mol. The Bertz CT molecular complexity index is 216. The van der Waals surface area contributed by atoms with Crippen LogP contribution < -0.4 is 5.32 Å². The van der Waals surface area contributed by atoms with E-state index in [1.807, 2.05) is 0 Å². The molecular weight excluding hydrogens is 210 g/mol. The van der Waals surface area contributed by atoms with Crippen LogP contribution >= 0.6 is 0 Å². The lowest BCUT2D eigenvalue weighted by Crippen LogP contribution is -2.40. The predicted octanol–water partition coefficient (Wildman–Crippen LogP) is 1.54. The zero-order chi connectivity index (χ0) is 12.1. The normalized spacial score (nSPS) is 29.1. The molecule has 2 fully saturated rings. The highest BCUT2D eigenvalue weighted by Gasteiger charge is 2.36. The van der Waals surface area contributed by atoms with Gasteiger partial charge in [0.2, 0.25) is 0 Å². The summed E-state index contributed by atoms with van der Waals surface area (Å²) in [6, 6.07) is 1.65. The molecular formula is C14H29N3. The molecule has 0 aromatic carbocycles. The molecule has 2 atom stereocenters. The van der Waals surface area contributed by atoms with Crippen molar-refractivity contribution in [3.8, 4) is 0 Å². The Morgan fingerprint density at radius 2 is 2.00 bits per heavy atom. The first-order valence-electron chi connectivity index (χ1n) is 7.55. The maximum Gasteiger partial charge on any atom is 0.0250 e. The summed E-state index contributed by atoms with van der Waals surface area (Å²) in [4.78, 5) is 5.19. The topological polar surface area (TPSA) is 18.5 Å². The van der Waals surface area contributed by atoms with Gasteiger partial charge in [-0.3, -0.25) is 4.90 Å². The maximum atomic E-state index is 3.79. The van der Waals surface area contributed by atoms with Gasteiger partial charge in [-0.05, 0) is 58.4 Å². The minimum absolute atomic E-state index is 0.786. The van der Waals surface area contributed by atoms with Crippen molar-refractivity contribution < 1.29 is 0 Å². The second kappa shape index (κ2) is 6.72. The third-order valence-corrected chi connectivity index (χ3v) is 4.56. The van der Waals surface area contributed by atoms with Crippen LogP contribution in [-0.4, -0.2) is 61.2 Å². The smallest absolute Gasteiger partial charge is 0.0250 e. The van der Waals surface area contributed by atoms with Crippen molar-refractivity contribution in [1.29, 1.82) is 0 Å². The first-order chi connectivity index (χ1) is 8.35. The molecule has 3 nitrogen and oxygen atoms in total.